The molecule has 0 aliphatic carbocycles. The lowest BCUT2D eigenvalue weighted by Gasteiger charge is -2.20. The van der Waals surface area contributed by atoms with Crippen molar-refractivity contribution < 1.29 is 43.4 Å². The molecule has 14 nitrogen and oxygen atoms in total. The van der Waals surface area contributed by atoms with Crippen LogP contribution in [-0.4, -0.2) is 89.4 Å². The molecule has 3 unspecified atom stereocenters. The number of carboxylic acids is 1. The third-order valence-corrected chi connectivity index (χ3v) is 5.03. The lowest BCUT2D eigenvalue weighted by Crippen LogP contribution is -2.54. The maximum absolute atomic E-state index is 12.3. The number of carbonyl (C=O) groups excluding carboxylic acids is 6. The highest BCUT2D eigenvalue weighted by molar-refractivity contribution is 6.12. The van der Waals surface area contributed by atoms with E-state index in [2.05, 4.69) is 26.0 Å². The summed E-state index contributed by atoms with van der Waals surface area (Å²) in [5, 5.41) is 18.1. The summed E-state index contributed by atoms with van der Waals surface area (Å²) in [5.74, 6) is -4.08. The number of imide groups is 1. The topological polar surface area (TPSA) is 200 Å². The highest BCUT2D eigenvalue weighted by Crippen LogP contribution is 2.07. The van der Waals surface area contributed by atoms with Gasteiger partial charge in [0.2, 0.25) is 23.6 Å². The zero-order valence-electron chi connectivity index (χ0n) is 20.5. The van der Waals surface area contributed by atoms with E-state index in [1.54, 1.807) is 0 Å². The number of aliphatic carboxylic acids is 1. The van der Waals surface area contributed by atoms with Crippen LogP contribution in [0.15, 0.2) is 12.2 Å². The predicted molar refractivity (Wildman–Crippen MR) is 124 cm³/mol. The molecule has 0 radical (unpaired) electrons. The van der Waals surface area contributed by atoms with E-state index in [1.807, 2.05) is 0 Å². The Morgan fingerprint density at radius 2 is 1.36 bits per heavy atom. The van der Waals surface area contributed by atoms with E-state index in [-0.39, 0.29) is 37.4 Å². The number of hydrogen-bond donors (Lipinski definition) is 5. The van der Waals surface area contributed by atoms with Crippen molar-refractivity contribution in [2.24, 2.45) is 0 Å². The highest BCUT2D eigenvalue weighted by Gasteiger charge is 2.24. The van der Waals surface area contributed by atoms with Crippen molar-refractivity contribution in [1.82, 2.24) is 26.2 Å². The number of nitrogens with one attached hydrogen (secondary N) is 4. The normalized spacial score (nSPS) is 15.1. The number of carbonyl (C=O) groups is 7. The molecule has 1 aliphatic rings. The average Bonchev–Trinajstić information content (AvgIpc) is 3.13. The lowest BCUT2D eigenvalue weighted by molar-refractivity contribution is -0.143. The molecule has 0 aromatic carbocycles. The fourth-order valence-corrected chi connectivity index (χ4v) is 2.98. The monoisotopic (exact) mass is 511 g/mol. The third kappa shape index (κ3) is 11.1. The van der Waals surface area contributed by atoms with E-state index in [0.29, 0.717) is 19.3 Å². The van der Waals surface area contributed by atoms with Gasteiger partial charge in [0.15, 0.2) is 0 Å². The summed E-state index contributed by atoms with van der Waals surface area (Å²) >= 11 is 0. The third-order valence-electron chi connectivity index (χ3n) is 5.03. The minimum absolute atomic E-state index is 0.149. The Bertz CT molecular complexity index is 871. The van der Waals surface area contributed by atoms with Gasteiger partial charge in [-0.05, 0) is 33.6 Å². The molecular weight excluding hydrogens is 478 g/mol. The van der Waals surface area contributed by atoms with E-state index in [4.69, 9.17) is 5.11 Å². The van der Waals surface area contributed by atoms with Crippen LogP contribution in [0.3, 0.4) is 0 Å². The summed E-state index contributed by atoms with van der Waals surface area (Å²) in [7, 11) is 0. The Labute approximate surface area is 208 Å². The number of carboxylic acid groups (broad SMARTS) is 1. The van der Waals surface area contributed by atoms with Gasteiger partial charge in [0.1, 0.15) is 31.5 Å². The van der Waals surface area contributed by atoms with Crippen molar-refractivity contribution in [1.29, 1.82) is 0 Å². The fourth-order valence-electron chi connectivity index (χ4n) is 2.98. The molecule has 0 spiro atoms. The minimum atomic E-state index is -1.19. The lowest BCUT2D eigenvalue weighted by atomic mass is 10.1. The van der Waals surface area contributed by atoms with Gasteiger partial charge < -0.3 is 31.1 Å². The van der Waals surface area contributed by atoms with Crippen LogP contribution in [0, 0.1) is 0 Å². The summed E-state index contributed by atoms with van der Waals surface area (Å²) in [6.45, 7) is 3.63. The molecule has 0 saturated carbocycles. The molecule has 0 fully saturated rings. The van der Waals surface area contributed by atoms with Crippen LogP contribution in [0.2, 0.25) is 0 Å². The number of hydrogen-bond acceptors (Lipinski definition) is 8. The van der Waals surface area contributed by atoms with E-state index in [0.717, 1.165) is 4.90 Å². The molecule has 1 heterocycles. The zero-order chi connectivity index (χ0) is 27.3. The van der Waals surface area contributed by atoms with E-state index >= 15 is 0 Å². The largest absolute Gasteiger partial charge is 0.480 e. The molecule has 0 saturated heterocycles. The van der Waals surface area contributed by atoms with Crippen LogP contribution < -0.4 is 21.3 Å². The molecule has 1 aliphatic heterocycles. The van der Waals surface area contributed by atoms with Gasteiger partial charge in [-0.15, -0.1) is 0 Å². The van der Waals surface area contributed by atoms with Gasteiger partial charge >= 0.3 is 5.97 Å². The molecule has 0 aromatic heterocycles. The van der Waals surface area contributed by atoms with E-state index in [9.17, 15) is 33.6 Å². The molecule has 0 bridgehead atoms. The van der Waals surface area contributed by atoms with Crippen LogP contribution in [-0.2, 0) is 38.3 Å². The van der Waals surface area contributed by atoms with Crippen LogP contribution in [0.1, 0.15) is 46.5 Å². The molecule has 200 valence electrons. The van der Waals surface area contributed by atoms with Crippen LogP contribution in [0.25, 0.3) is 0 Å². The summed E-state index contributed by atoms with van der Waals surface area (Å²) in [5.41, 5.74) is 0. The Morgan fingerprint density at radius 3 is 1.92 bits per heavy atom. The first-order valence-electron chi connectivity index (χ1n) is 11.4. The van der Waals surface area contributed by atoms with Gasteiger partial charge in [-0.3, -0.25) is 33.7 Å². The molecule has 0 aromatic rings. The maximum atomic E-state index is 12.3. The Morgan fingerprint density at radius 1 is 0.833 bits per heavy atom. The second kappa shape index (κ2) is 15.2. The SMILES string of the molecule is CC(NC(=O)CCCCCN1C(=O)C=CC1=O)C(=O)NC(C)C(=O)NC(C)C(=O)NCOCC(=O)O. The fraction of sp³-hybridized carbons (Fsp3) is 0.591. The summed E-state index contributed by atoms with van der Waals surface area (Å²) in [6.07, 6.45) is 4.25. The molecule has 6 amide bonds. The van der Waals surface area contributed by atoms with Crippen molar-refractivity contribution >= 4 is 41.4 Å². The summed E-state index contributed by atoms with van der Waals surface area (Å²) in [4.78, 5) is 82.9. The van der Waals surface area contributed by atoms with Crippen molar-refractivity contribution in [3.8, 4) is 0 Å². The van der Waals surface area contributed by atoms with Crippen molar-refractivity contribution in [3.05, 3.63) is 12.2 Å². The van der Waals surface area contributed by atoms with Gasteiger partial charge in [0.05, 0.1) is 0 Å². The smallest absolute Gasteiger partial charge is 0.329 e. The van der Waals surface area contributed by atoms with Gasteiger partial charge in [-0.25, -0.2) is 4.79 Å². The number of rotatable bonds is 16. The molecule has 3 atom stereocenters. The summed E-state index contributed by atoms with van der Waals surface area (Å²) < 4.78 is 4.68. The molecule has 5 N–H and O–H groups in total. The number of ether oxygens (including phenoxy) is 1. The number of amides is 6. The van der Waals surface area contributed by atoms with Crippen molar-refractivity contribution in [2.75, 3.05) is 19.9 Å². The van der Waals surface area contributed by atoms with Gasteiger partial charge in [-0.1, -0.05) is 6.42 Å². The van der Waals surface area contributed by atoms with E-state index in [1.165, 1.54) is 32.9 Å². The molecule has 14 heteroatoms. The van der Waals surface area contributed by atoms with Gasteiger partial charge in [0.25, 0.3) is 11.8 Å². The Balaban J connectivity index is 2.26. The second-order valence-corrected chi connectivity index (χ2v) is 8.15. The first kappa shape index (κ1) is 30.2. The molecule has 36 heavy (non-hydrogen) atoms. The van der Waals surface area contributed by atoms with Crippen molar-refractivity contribution in [2.45, 2.75) is 64.6 Å². The predicted octanol–water partition coefficient (Wildman–Crippen LogP) is -1.84. The summed E-state index contributed by atoms with van der Waals surface area (Å²) in [6, 6.07) is -2.88. The maximum Gasteiger partial charge on any atom is 0.329 e. The average molecular weight is 512 g/mol. The second-order valence-electron chi connectivity index (χ2n) is 8.15. The quantitative estimate of drug-likeness (QED) is 0.0897. The molecular formula is C22H33N5O9. The van der Waals surface area contributed by atoms with Gasteiger partial charge in [-0.2, -0.15) is 0 Å². The zero-order valence-corrected chi connectivity index (χ0v) is 20.5. The standard InChI is InChI=1S/C22H33N5O9/c1-13(20(33)23-12-36-11-19(31)32)25-22(35)15(3)26-21(34)14(2)24-16(28)7-5-4-6-10-27-17(29)8-9-18(27)30/h8-9,13-15H,4-7,10-12H2,1-3H3,(H,23,33)(H,24,28)(H,25,35)(H,26,34)(H,31,32). The Kier molecular flexibility index (Phi) is 12.8. The van der Waals surface area contributed by atoms with Crippen molar-refractivity contribution in [3.63, 3.8) is 0 Å². The first-order chi connectivity index (χ1) is 16.9. The number of nitrogens with zero attached hydrogens (tertiary/aromatic N) is 1. The van der Waals surface area contributed by atoms with Crippen LogP contribution in [0.4, 0.5) is 0 Å². The van der Waals surface area contributed by atoms with Gasteiger partial charge in [0, 0.05) is 25.1 Å². The highest BCUT2D eigenvalue weighted by atomic mass is 16.5. The Hall–Kier alpha value is -3.81. The minimum Gasteiger partial charge on any atom is -0.480 e. The number of unbranched alkanes of at least 4 members (excludes halogenated alkanes) is 2. The molecule has 1 rings (SSSR count). The van der Waals surface area contributed by atoms with E-state index < -0.39 is 48.4 Å². The first-order valence-corrected chi connectivity index (χ1v) is 11.4. The van der Waals surface area contributed by atoms with Crippen LogP contribution >= 0.6 is 0 Å². The van der Waals surface area contributed by atoms with Crippen LogP contribution in [0.5, 0.6) is 0 Å².